The van der Waals surface area contributed by atoms with Crippen LogP contribution in [0.3, 0.4) is 0 Å². The lowest BCUT2D eigenvalue weighted by molar-refractivity contribution is -0.137. The van der Waals surface area contributed by atoms with Gasteiger partial charge >= 0.3 is 11.9 Å². The standard InChI is InChI=1S/C17H24F2O2/c1-2-17(18,19)15-13-11-9-7-5-3-4-6-8-10-12-14-16(20)21/h2-8,10,12,14H2,1H3,(H,20,21). The number of hydrogen-bond acceptors (Lipinski definition) is 1. The van der Waals surface area contributed by atoms with E-state index in [1.54, 1.807) is 0 Å². The van der Waals surface area contributed by atoms with Crippen LogP contribution in [0.1, 0.15) is 71.1 Å². The molecule has 0 spiro atoms. The molecule has 0 atom stereocenters. The number of unbranched alkanes of at least 4 members (excludes halogenated alkanes) is 7. The molecule has 0 aliphatic heterocycles. The molecule has 2 nitrogen and oxygen atoms in total. The van der Waals surface area contributed by atoms with E-state index >= 15 is 0 Å². The molecule has 4 heteroatoms. The molecule has 0 heterocycles. The van der Waals surface area contributed by atoms with Crippen LogP contribution in [0.15, 0.2) is 0 Å². The zero-order valence-electron chi connectivity index (χ0n) is 12.7. The number of carbonyl (C=O) groups is 1. The monoisotopic (exact) mass is 298 g/mol. The molecular weight excluding hydrogens is 274 g/mol. The number of halogens is 2. The number of alkyl halides is 2. The van der Waals surface area contributed by atoms with E-state index in [9.17, 15) is 13.6 Å². The van der Waals surface area contributed by atoms with E-state index in [2.05, 4.69) is 17.8 Å². The van der Waals surface area contributed by atoms with E-state index in [1.807, 2.05) is 5.92 Å². The summed E-state index contributed by atoms with van der Waals surface area (Å²) in [5.41, 5.74) is 0. The number of hydrogen-bond donors (Lipinski definition) is 1. The first kappa shape index (κ1) is 19.4. The SMILES string of the molecule is CCC(F)(F)C#CC#CCCCCCCCCCC(=O)O. The van der Waals surface area contributed by atoms with Crippen LogP contribution in [-0.2, 0) is 4.79 Å². The quantitative estimate of drug-likeness (QED) is 0.471. The fourth-order valence-corrected chi connectivity index (χ4v) is 1.69. The van der Waals surface area contributed by atoms with Crippen LogP contribution >= 0.6 is 0 Å². The molecule has 1 N–H and O–H groups in total. The largest absolute Gasteiger partial charge is 0.481 e. The van der Waals surface area contributed by atoms with E-state index < -0.39 is 11.9 Å². The molecule has 0 amide bonds. The lowest BCUT2D eigenvalue weighted by Gasteiger charge is -2.01. The summed E-state index contributed by atoms with van der Waals surface area (Å²) in [4.78, 5) is 10.3. The highest BCUT2D eigenvalue weighted by molar-refractivity contribution is 5.66. The summed E-state index contributed by atoms with van der Waals surface area (Å²) in [7, 11) is 0. The van der Waals surface area contributed by atoms with E-state index in [0.29, 0.717) is 6.42 Å². The fraction of sp³-hybridized carbons (Fsp3) is 0.706. The molecule has 0 saturated heterocycles. The van der Waals surface area contributed by atoms with E-state index in [4.69, 9.17) is 5.11 Å². The maximum absolute atomic E-state index is 12.7. The Kier molecular flexibility index (Phi) is 11.3. The Balaban J connectivity index is 3.43. The van der Waals surface area contributed by atoms with E-state index in [0.717, 1.165) is 44.9 Å². The average Bonchev–Trinajstić information content (AvgIpc) is 2.43. The molecule has 0 rings (SSSR count). The zero-order chi connectivity index (χ0) is 16.0. The van der Waals surface area contributed by atoms with Gasteiger partial charge in [-0.25, -0.2) is 0 Å². The maximum atomic E-state index is 12.7. The fourth-order valence-electron chi connectivity index (χ4n) is 1.69. The second-order valence-electron chi connectivity index (χ2n) is 4.98. The van der Waals surface area contributed by atoms with Gasteiger partial charge < -0.3 is 5.11 Å². The highest BCUT2D eigenvalue weighted by atomic mass is 19.3. The van der Waals surface area contributed by atoms with E-state index in [1.165, 1.54) is 6.92 Å². The maximum Gasteiger partial charge on any atom is 0.308 e. The van der Waals surface area contributed by atoms with Crippen molar-refractivity contribution in [3.05, 3.63) is 0 Å². The molecule has 0 aromatic carbocycles. The third-order valence-corrected chi connectivity index (χ3v) is 3.03. The van der Waals surface area contributed by atoms with Crippen molar-refractivity contribution in [2.45, 2.75) is 77.1 Å². The molecule has 0 aromatic rings. The molecule has 118 valence electrons. The number of carboxylic acid groups (broad SMARTS) is 1. The van der Waals surface area contributed by atoms with Crippen molar-refractivity contribution in [2.24, 2.45) is 0 Å². The average molecular weight is 298 g/mol. The molecule has 0 radical (unpaired) electrons. The predicted octanol–water partition coefficient (Wildman–Crippen LogP) is 4.63. The lowest BCUT2D eigenvalue weighted by Crippen LogP contribution is -2.09. The minimum atomic E-state index is -2.92. The highest BCUT2D eigenvalue weighted by Crippen LogP contribution is 2.15. The smallest absolute Gasteiger partial charge is 0.308 e. The van der Waals surface area contributed by atoms with Crippen molar-refractivity contribution in [3.8, 4) is 23.7 Å². The van der Waals surface area contributed by atoms with Gasteiger partial charge in [0, 0.05) is 19.3 Å². The number of aliphatic carboxylic acids is 1. The Bertz CT molecular complexity index is 408. The van der Waals surface area contributed by atoms with Crippen molar-refractivity contribution < 1.29 is 18.7 Å². The summed E-state index contributed by atoms with van der Waals surface area (Å²) in [6, 6.07) is 0. The second kappa shape index (κ2) is 12.2. The van der Waals surface area contributed by atoms with Gasteiger partial charge in [0.2, 0.25) is 0 Å². The van der Waals surface area contributed by atoms with Crippen LogP contribution in [0.4, 0.5) is 8.78 Å². The molecule has 0 aliphatic carbocycles. The lowest BCUT2D eigenvalue weighted by atomic mass is 10.1. The molecule has 0 unspecified atom stereocenters. The predicted molar refractivity (Wildman–Crippen MR) is 80.0 cm³/mol. The van der Waals surface area contributed by atoms with Gasteiger partial charge in [-0.2, -0.15) is 8.78 Å². The Hall–Kier alpha value is -1.55. The second-order valence-corrected chi connectivity index (χ2v) is 4.98. The van der Waals surface area contributed by atoms with Crippen LogP contribution in [0.25, 0.3) is 0 Å². The van der Waals surface area contributed by atoms with Crippen LogP contribution in [0.5, 0.6) is 0 Å². The van der Waals surface area contributed by atoms with Gasteiger partial charge in [0.05, 0.1) is 0 Å². The van der Waals surface area contributed by atoms with Gasteiger partial charge in [-0.3, -0.25) is 4.79 Å². The number of carboxylic acids is 1. The topological polar surface area (TPSA) is 37.3 Å². The normalized spacial score (nSPS) is 10.2. The van der Waals surface area contributed by atoms with Gasteiger partial charge in [0.25, 0.3) is 0 Å². The Morgan fingerprint density at radius 3 is 2.14 bits per heavy atom. The zero-order valence-corrected chi connectivity index (χ0v) is 12.7. The van der Waals surface area contributed by atoms with Gasteiger partial charge in [-0.05, 0) is 30.6 Å². The summed E-state index contributed by atoms with van der Waals surface area (Å²) < 4.78 is 25.5. The Labute approximate surface area is 126 Å². The summed E-state index contributed by atoms with van der Waals surface area (Å²) >= 11 is 0. The van der Waals surface area contributed by atoms with Crippen LogP contribution in [0, 0.1) is 23.7 Å². The summed E-state index contributed by atoms with van der Waals surface area (Å²) in [5.74, 6) is 5.64. The van der Waals surface area contributed by atoms with Crippen molar-refractivity contribution in [2.75, 3.05) is 0 Å². The van der Waals surface area contributed by atoms with Crippen LogP contribution in [-0.4, -0.2) is 17.0 Å². The van der Waals surface area contributed by atoms with E-state index in [-0.39, 0.29) is 12.8 Å². The third-order valence-electron chi connectivity index (χ3n) is 3.03. The first-order chi connectivity index (χ1) is 9.98. The van der Waals surface area contributed by atoms with Gasteiger partial charge in [-0.15, -0.1) is 0 Å². The van der Waals surface area contributed by atoms with Crippen LogP contribution in [0.2, 0.25) is 0 Å². The van der Waals surface area contributed by atoms with Gasteiger partial charge in [-0.1, -0.05) is 44.9 Å². The molecule has 21 heavy (non-hydrogen) atoms. The molecule has 0 aliphatic rings. The van der Waals surface area contributed by atoms with Crippen molar-refractivity contribution in [1.29, 1.82) is 0 Å². The van der Waals surface area contributed by atoms with Gasteiger partial charge in [0.1, 0.15) is 0 Å². The minimum absolute atomic E-state index is 0.258. The summed E-state index contributed by atoms with van der Waals surface area (Å²) in [6.07, 6.45) is 7.67. The van der Waals surface area contributed by atoms with Crippen molar-refractivity contribution >= 4 is 5.97 Å². The van der Waals surface area contributed by atoms with Crippen molar-refractivity contribution in [1.82, 2.24) is 0 Å². The van der Waals surface area contributed by atoms with Crippen molar-refractivity contribution in [3.63, 3.8) is 0 Å². The molecule has 0 fully saturated rings. The highest BCUT2D eigenvalue weighted by Gasteiger charge is 2.21. The molecular formula is C17H24F2O2. The first-order valence-electron chi connectivity index (χ1n) is 7.57. The first-order valence-corrected chi connectivity index (χ1v) is 7.57. The number of rotatable bonds is 10. The summed E-state index contributed by atoms with van der Waals surface area (Å²) in [5, 5.41) is 8.47. The minimum Gasteiger partial charge on any atom is -0.481 e. The third kappa shape index (κ3) is 14.7. The van der Waals surface area contributed by atoms with Gasteiger partial charge in [0.15, 0.2) is 0 Å². The molecule has 0 saturated carbocycles. The molecule has 0 aromatic heterocycles. The Morgan fingerprint density at radius 1 is 1.00 bits per heavy atom. The molecule has 0 bridgehead atoms. The summed E-state index contributed by atoms with van der Waals surface area (Å²) in [6.45, 7) is 1.39. The Morgan fingerprint density at radius 2 is 1.57 bits per heavy atom. The van der Waals surface area contributed by atoms with Crippen LogP contribution < -0.4 is 0 Å².